The van der Waals surface area contributed by atoms with Gasteiger partial charge in [-0.3, -0.25) is 4.79 Å². The summed E-state index contributed by atoms with van der Waals surface area (Å²) in [6, 6.07) is 0. The van der Waals surface area contributed by atoms with Gasteiger partial charge in [0.2, 0.25) is 5.91 Å². The lowest BCUT2D eigenvalue weighted by atomic mass is 9.89. The molecule has 3 fully saturated rings. The Balaban J connectivity index is 0.00000108. The molecule has 0 radical (unpaired) electrons. The Morgan fingerprint density at radius 1 is 1.24 bits per heavy atom. The second-order valence-electron chi connectivity index (χ2n) is 5.70. The first-order valence-corrected chi connectivity index (χ1v) is 6.29. The predicted octanol–water partition coefficient (Wildman–Crippen LogP) is 0.942. The lowest BCUT2D eigenvalue weighted by Gasteiger charge is -2.47. The van der Waals surface area contributed by atoms with E-state index in [4.69, 9.17) is 4.74 Å². The van der Waals surface area contributed by atoms with Gasteiger partial charge in [-0.15, -0.1) is 12.4 Å². The van der Waals surface area contributed by atoms with Crippen LogP contribution in [0.1, 0.15) is 32.6 Å². The molecule has 1 aliphatic carbocycles. The standard InChI is InChI=1S/C12H20N2O2.ClH/c1-11(2-3-11)14-9-12(16-8-10(14)15)4-6-13-7-5-12;/h13H,2-9H2,1H3;1H. The number of carbonyl (C=O) groups is 1. The SMILES string of the molecule is CC1(N2CC3(CCNCC3)OCC2=O)CC1.Cl. The van der Waals surface area contributed by atoms with Crippen molar-refractivity contribution in [1.29, 1.82) is 0 Å². The van der Waals surface area contributed by atoms with Gasteiger partial charge in [0.15, 0.2) is 0 Å². The van der Waals surface area contributed by atoms with Crippen LogP contribution in [0.4, 0.5) is 0 Å². The Morgan fingerprint density at radius 2 is 1.88 bits per heavy atom. The molecular formula is C12H21ClN2O2. The summed E-state index contributed by atoms with van der Waals surface area (Å²) in [4.78, 5) is 14.0. The van der Waals surface area contributed by atoms with Gasteiger partial charge in [0.25, 0.3) is 0 Å². The number of rotatable bonds is 1. The minimum atomic E-state index is -0.0508. The number of ether oxygens (including phenoxy) is 1. The molecule has 1 N–H and O–H groups in total. The summed E-state index contributed by atoms with van der Waals surface area (Å²) in [5, 5.41) is 3.35. The highest BCUT2D eigenvalue weighted by molar-refractivity contribution is 5.85. The van der Waals surface area contributed by atoms with Crippen LogP contribution < -0.4 is 5.32 Å². The summed E-state index contributed by atoms with van der Waals surface area (Å²) in [6.45, 7) is 5.32. The van der Waals surface area contributed by atoms with Crippen LogP contribution in [0.2, 0.25) is 0 Å². The Labute approximate surface area is 108 Å². The van der Waals surface area contributed by atoms with E-state index in [0.29, 0.717) is 0 Å². The molecule has 0 bridgehead atoms. The van der Waals surface area contributed by atoms with Crippen LogP contribution >= 0.6 is 12.4 Å². The highest BCUT2D eigenvalue weighted by Gasteiger charge is 2.51. The first kappa shape index (κ1) is 13.1. The Kier molecular flexibility index (Phi) is 3.40. The maximum Gasteiger partial charge on any atom is 0.249 e. The van der Waals surface area contributed by atoms with E-state index < -0.39 is 0 Å². The molecule has 0 atom stereocenters. The quantitative estimate of drug-likeness (QED) is 0.763. The monoisotopic (exact) mass is 260 g/mol. The smallest absolute Gasteiger partial charge is 0.249 e. The van der Waals surface area contributed by atoms with Crippen LogP contribution in [-0.4, -0.2) is 48.2 Å². The molecular weight excluding hydrogens is 240 g/mol. The zero-order valence-corrected chi connectivity index (χ0v) is 11.1. The third-order valence-corrected chi connectivity index (χ3v) is 4.39. The van der Waals surface area contributed by atoms with Gasteiger partial charge >= 0.3 is 0 Å². The fourth-order valence-corrected chi connectivity index (χ4v) is 2.84. The summed E-state index contributed by atoms with van der Waals surface area (Å²) in [7, 11) is 0. The molecule has 1 spiro atoms. The van der Waals surface area contributed by atoms with Gasteiger partial charge in [0, 0.05) is 5.54 Å². The maximum absolute atomic E-state index is 11.9. The number of piperidine rings is 1. The Hall–Kier alpha value is -0.320. The number of morpholine rings is 1. The van der Waals surface area contributed by atoms with Crippen LogP contribution in [-0.2, 0) is 9.53 Å². The normalized spacial score (nSPS) is 29.9. The van der Waals surface area contributed by atoms with E-state index in [0.717, 1.165) is 45.3 Å². The number of carbonyl (C=O) groups excluding carboxylic acids is 1. The third kappa shape index (κ3) is 2.30. The number of hydrogen-bond donors (Lipinski definition) is 1. The van der Waals surface area contributed by atoms with E-state index in [1.165, 1.54) is 0 Å². The summed E-state index contributed by atoms with van der Waals surface area (Å²) in [5.41, 5.74) is 0.101. The first-order chi connectivity index (χ1) is 7.64. The van der Waals surface area contributed by atoms with E-state index >= 15 is 0 Å². The average molecular weight is 261 g/mol. The van der Waals surface area contributed by atoms with Gasteiger partial charge in [0.1, 0.15) is 6.61 Å². The maximum atomic E-state index is 11.9. The number of halogens is 1. The number of nitrogens with zero attached hydrogens (tertiary/aromatic N) is 1. The van der Waals surface area contributed by atoms with Crippen LogP contribution in [0, 0.1) is 0 Å². The van der Waals surface area contributed by atoms with Crippen molar-refractivity contribution in [2.45, 2.75) is 43.7 Å². The minimum Gasteiger partial charge on any atom is -0.363 e. The molecule has 17 heavy (non-hydrogen) atoms. The molecule has 3 rings (SSSR count). The summed E-state index contributed by atoms with van der Waals surface area (Å²) >= 11 is 0. The fourth-order valence-electron chi connectivity index (χ4n) is 2.84. The van der Waals surface area contributed by atoms with Crippen molar-refractivity contribution in [3.05, 3.63) is 0 Å². The molecule has 98 valence electrons. The average Bonchev–Trinajstić information content (AvgIpc) is 3.03. The molecule has 0 aromatic carbocycles. The second kappa shape index (κ2) is 4.41. The topological polar surface area (TPSA) is 41.6 Å². The molecule has 2 heterocycles. The first-order valence-electron chi connectivity index (χ1n) is 6.29. The van der Waals surface area contributed by atoms with Crippen molar-refractivity contribution in [2.24, 2.45) is 0 Å². The van der Waals surface area contributed by atoms with Crippen LogP contribution in [0.15, 0.2) is 0 Å². The highest BCUT2D eigenvalue weighted by Crippen LogP contribution is 2.44. The van der Waals surface area contributed by atoms with Gasteiger partial charge in [-0.2, -0.15) is 0 Å². The van der Waals surface area contributed by atoms with E-state index in [1.54, 1.807) is 0 Å². The summed E-state index contributed by atoms with van der Waals surface area (Å²) in [5.74, 6) is 0.184. The van der Waals surface area contributed by atoms with Crippen molar-refractivity contribution >= 4 is 18.3 Å². The molecule has 1 saturated carbocycles. The van der Waals surface area contributed by atoms with Gasteiger partial charge < -0.3 is 15.0 Å². The molecule has 0 unspecified atom stereocenters. The minimum absolute atomic E-state index is 0. The van der Waals surface area contributed by atoms with Crippen LogP contribution in [0.25, 0.3) is 0 Å². The van der Waals surface area contributed by atoms with Gasteiger partial charge in [-0.1, -0.05) is 0 Å². The Morgan fingerprint density at radius 3 is 2.47 bits per heavy atom. The lowest BCUT2D eigenvalue weighted by Crippen LogP contribution is -2.60. The highest BCUT2D eigenvalue weighted by atomic mass is 35.5. The zero-order valence-electron chi connectivity index (χ0n) is 10.3. The van der Waals surface area contributed by atoms with Crippen LogP contribution in [0.3, 0.4) is 0 Å². The van der Waals surface area contributed by atoms with Crippen LogP contribution in [0.5, 0.6) is 0 Å². The fraction of sp³-hybridized carbons (Fsp3) is 0.917. The molecule has 0 aromatic rings. The molecule has 0 aromatic heterocycles. The predicted molar refractivity (Wildman–Crippen MR) is 67.4 cm³/mol. The number of nitrogens with one attached hydrogen (secondary N) is 1. The molecule has 2 aliphatic heterocycles. The third-order valence-electron chi connectivity index (χ3n) is 4.39. The summed E-state index contributed by atoms with van der Waals surface area (Å²) in [6.07, 6.45) is 4.39. The van der Waals surface area contributed by atoms with Crippen molar-refractivity contribution in [2.75, 3.05) is 26.2 Å². The van der Waals surface area contributed by atoms with E-state index in [1.807, 2.05) is 0 Å². The van der Waals surface area contributed by atoms with Crippen molar-refractivity contribution in [3.8, 4) is 0 Å². The molecule has 4 nitrogen and oxygen atoms in total. The van der Waals surface area contributed by atoms with Crippen molar-refractivity contribution in [1.82, 2.24) is 10.2 Å². The van der Waals surface area contributed by atoms with Gasteiger partial charge in [0.05, 0.1) is 12.1 Å². The second-order valence-corrected chi connectivity index (χ2v) is 5.70. The largest absolute Gasteiger partial charge is 0.363 e. The van der Waals surface area contributed by atoms with E-state index in [-0.39, 0.29) is 36.1 Å². The van der Waals surface area contributed by atoms with Gasteiger partial charge in [-0.25, -0.2) is 0 Å². The lowest BCUT2D eigenvalue weighted by molar-refractivity contribution is -0.173. The molecule has 5 heteroatoms. The summed E-state index contributed by atoms with van der Waals surface area (Å²) < 4.78 is 5.84. The number of amides is 1. The Bertz CT molecular complexity index is 312. The van der Waals surface area contributed by atoms with Gasteiger partial charge in [-0.05, 0) is 45.7 Å². The van der Waals surface area contributed by atoms with E-state index in [2.05, 4.69) is 17.1 Å². The zero-order chi connectivity index (χ0) is 11.2. The molecule has 3 aliphatic rings. The molecule has 1 amide bonds. The van der Waals surface area contributed by atoms with E-state index in [9.17, 15) is 4.79 Å². The van der Waals surface area contributed by atoms with Crippen molar-refractivity contribution in [3.63, 3.8) is 0 Å². The number of hydrogen-bond acceptors (Lipinski definition) is 3. The molecule has 2 saturated heterocycles. The van der Waals surface area contributed by atoms with Crippen molar-refractivity contribution < 1.29 is 9.53 Å².